The highest BCUT2D eigenvalue weighted by molar-refractivity contribution is 7.99. The Kier molecular flexibility index (Phi) is 4.39. The molecule has 0 atom stereocenters. The lowest BCUT2D eigenvalue weighted by Crippen LogP contribution is -2.09. The average Bonchev–Trinajstić information content (AvgIpc) is 2.38. The molecule has 0 fully saturated rings. The quantitative estimate of drug-likeness (QED) is 0.623. The Morgan fingerprint density at radius 2 is 1.80 bits per heavy atom. The van der Waals surface area contributed by atoms with E-state index in [0.29, 0.717) is 10.6 Å². The highest BCUT2D eigenvalue weighted by atomic mass is 35.5. The summed E-state index contributed by atoms with van der Waals surface area (Å²) in [6.07, 6.45) is -4.55. The molecular weight excluding hydrogens is 313 g/mol. The van der Waals surface area contributed by atoms with Crippen molar-refractivity contribution in [3.05, 3.63) is 41.3 Å². The number of methoxy groups -OCH3 is 1. The molecule has 8 heteroatoms. The van der Waals surface area contributed by atoms with Crippen LogP contribution in [0, 0.1) is 0 Å². The molecule has 0 saturated carbocycles. The van der Waals surface area contributed by atoms with E-state index in [1.165, 1.54) is 7.11 Å². The molecule has 0 saturated heterocycles. The molecule has 106 valence electrons. The molecule has 1 aromatic heterocycles. The van der Waals surface area contributed by atoms with Gasteiger partial charge in [-0.05, 0) is 35.9 Å². The van der Waals surface area contributed by atoms with E-state index in [1.54, 1.807) is 24.3 Å². The fourth-order valence-corrected chi connectivity index (χ4v) is 2.41. The second-order valence-corrected chi connectivity index (χ2v) is 5.07. The SMILES string of the molecule is COc1ccc(Sc2cc(C(F)(F)F)nc(Cl)n2)cc1. The minimum Gasteiger partial charge on any atom is -0.497 e. The molecule has 0 unspecified atom stereocenters. The minimum atomic E-state index is -4.55. The third-order valence-corrected chi connectivity index (χ3v) is 3.34. The number of ether oxygens (including phenoxy) is 1. The predicted octanol–water partition coefficient (Wildman–Crippen LogP) is 4.31. The Labute approximate surface area is 122 Å². The highest BCUT2D eigenvalue weighted by Gasteiger charge is 2.33. The molecule has 0 bridgehead atoms. The molecule has 20 heavy (non-hydrogen) atoms. The van der Waals surface area contributed by atoms with E-state index in [1.807, 2.05) is 0 Å². The number of alkyl halides is 3. The van der Waals surface area contributed by atoms with Crippen molar-refractivity contribution >= 4 is 23.4 Å². The largest absolute Gasteiger partial charge is 0.497 e. The van der Waals surface area contributed by atoms with Crippen LogP contribution in [0.3, 0.4) is 0 Å². The Bertz CT molecular complexity index is 605. The van der Waals surface area contributed by atoms with Crippen molar-refractivity contribution in [3.63, 3.8) is 0 Å². The van der Waals surface area contributed by atoms with Crippen molar-refractivity contribution in [1.29, 1.82) is 0 Å². The minimum absolute atomic E-state index is 0.127. The van der Waals surface area contributed by atoms with E-state index in [2.05, 4.69) is 9.97 Å². The monoisotopic (exact) mass is 320 g/mol. The normalized spacial score (nSPS) is 11.4. The maximum Gasteiger partial charge on any atom is 0.433 e. The predicted molar refractivity (Wildman–Crippen MR) is 69.2 cm³/mol. The summed E-state index contributed by atoms with van der Waals surface area (Å²) in [5.41, 5.74) is -1.06. The van der Waals surface area contributed by atoms with Gasteiger partial charge in [0.25, 0.3) is 0 Å². The van der Waals surface area contributed by atoms with Crippen LogP contribution in [0.1, 0.15) is 5.69 Å². The number of halogens is 4. The highest BCUT2D eigenvalue weighted by Crippen LogP contribution is 2.33. The van der Waals surface area contributed by atoms with Crippen molar-refractivity contribution < 1.29 is 17.9 Å². The second-order valence-electron chi connectivity index (χ2n) is 3.64. The number of nitrogens with zero attached hydrogens (tertiary/aromatic N) is 2. The summed E-state index contributed by atoms with van der Waals surface area (Å²) in [6, 6.07) is 7.70. The molecule has 1 aromatic carbocycles. The molecule has 0 amide bonds. The lowest BCUT2D eigenvalue weighted by Gasteiger charge is -2.08. The van der Waals surface area contributed by atoms with Gasteiger partial charge >= 0.3 is 6.18 Å². The smallest absolute Gasteiger partial charge is 0.433 e. The zero-order valence-electron chi connectivity index (χ0n) is 10.1. The van der Waals surface area contributed by atoms with Gasteiger partial charge in [0.1, 0.15) is 10.8 Å². The summed E-state index contributed by atoms with van der Waals surface area (Å²) >= 11 is 6.57. The van der Waals surface area contributed by atoms with Gasteiger partial charge in [-0.15, -0.1) is 0 Å². The Hall–Kier alpha value is -1.47. The van der Waals surface area contributed by atoms with Crippen LogP contribution in [0.25, 0.3) is 0 Å². The second kappa shape index (κ2) is 5.88. The first-order valence-corrected chi connectivity index (χ1v) is 6.51. The zero-order chi connectivity index (χ0) is 14.8. The summed E-state index contributed by atoms with van der Waals surface area (Å²) < 4.78 is 42.8. The lowest BCUT2D eigenvalue weighted by molar-refractivity contribution is -0.141. The summed E-state index contributed by atoms with van der Waals surface area (Å²) in [7, 11) is 1.53. The van der Waals surface area contributed by atoms with E-state index in [4.69, 9.17) is 16.3 Å². The van der Waals surface area contributed by atoms with Gasteiger partial charge in [-0.2, -0.15) is 13.2 Å². The Morgan fingerprint density at radius 1 is 1.15 bits per heavy atom. The van der Waals surface area contributed by atoms with Crippen LogP contribution in [0.15, 0.2) is 40.3 Å². The Balaban J connectivity index is 2.26. The van der Waals surface area contributed by atoms with Crippen molar-refractivity contribution in [2.75, 3.05) is 7.11 Å². The molecule has 3 nitrogen and oxygen atoms in total. The maximum absolute atomic E-state index is 12.6. The van der Waals surface area contributed by atoms with Crippen LogP contribution in [0.5, 0.6) is 5.75 Å². The third kappa shape index (κ3) is 3.77. The first kappa shape index (κ1) is 14.9. The van der Waals surface area contributed by atoms with Gasteiger partial charge in [-0.1, -0.05) is 11.8 Å². The van der Waals surface area contributed by atoms with Gasteiger partial charge < -0.3 is 4.74 Å². The van der Waals surface area contributed by atoms with Gasteiger partial charge in [0, 0.05) is 11.0 Å². The van der Waals surface area contributed by atoms with E-state index in [0.717, 1.165) is 17.8 Å². The summed E-state index contributed by atoms with van der Waals surface area (Å²) in [5, 5.41) is -0.307. The van der Waals surface area contributed by atoms with Crippen molar-refractivity contribution in [2.24, 2.45) is 0 Å². The van der Waals surface area contributed by atoms with Gasteiger partial charge in [-0.3, -0.25) is 0 Å². The van der Waals surface area contributed by atoms with Crippen LogP contribution in [0.2, 0.25) is 5.28 Å². The molecule has 2 aromatic rings. The van der Waals surface area contributed by atoms with Gasteiger partial charge in [0.05, 0.1) is 7.11 Å². The van der Waals surface area contributed by atoms with Crippen molar-refractivity contribution in [1.82, 2.24) is 9.97 Å². The molecule has 2 rings (SSSR count). The summed E-state index contributed by atoms with van der Waals surface area (Å²) in [6.45, 7) is 0. The fourth-order valence-electron chi connectivity index (χ4n) is 1.36. The van der Waals surface area contributed by atoms with Gasteiger partial charge in [0.2, 0.25) is 5.28 Å². The molecular formula is C12H8ClF3N2OS. The first-order valence-electron chi connectivity index (χ1n) is 5.32. The molecule has 1 heterocycles. The van der Waals surface area contributed by atoms with E-state index < -0.39 is 17.2 Å². The van der Waals surface area contributed by atoms with Crippen molar-refractivity contribution in [3.8, 4) is 5.75 Å². The fraction of sp³-hybridized carbons (Fsp3) is 0.167. The van der Waals surface area contributed by atoms with Gasteiger partial charge in [-0.25, -0.2) is 9.97 Å². The number of hydrogen-bond donors (Lipinski definition) is 0. The van der Waals surface area contributed by atoms with Crippen LogP contribution in [-0.4, -0.2) is 17.1 Å². The zero-order valence-corrected chi connectivity index (χ0v) is 11.7. The number of benzene rings is 1. The molecule has 0 radical (unpaired) electrons. The summed E-state index contributed by atoms with van der Waals surface area (Å²) in [4.78, 5) is 7.66. The Morgan fingerprint density at radius 3 is 2.35 bits per heavy atom. The van der Waals surface area contributed by atoms with Crippen molar-refractivity contribution in [2.45, 2.75) is 16.1 Å². The standard InChI is InChI=1S/C12H8ClF3N2OS/c1-19-7-2-4-8(5-3-7)20-10-6-9(12(14,15)16)17-11(13)18-10/h2-6H,1H3. The third-order valence-electron chi connectivity index (χ3n) is 2.25. The van der Waals surface area contributed by atoms with Crippen LogP contribution >= 0.6 is 23.4 Å². The molecule has 0 spiro atoms. The van der Waals surface area contributed by atoms with Crippen LogP contribution in [0.4, 0.5) is 13.2 Å². The van der Waals surface area contributed by atoms with E-state index >= 15 is 0 Å². The topological polar surface area (TPSA) is 35.0 Å². The maximum atomic E-state index is 12.6. The molecule has 0 aliphatic heterocycles. The number of rotatable bonds is 3. The van der Waals surface area contributed by atoms with E-state index in [9.17, 15) is 13.2 Å². The molecule has 0 aliphatic carbocycles. The van der Waals surface area contributed by atoms with Gasteiger partial charge in [0.15, 0.2) is 5.69 Å². The van der Waals surface area contributed by atoms with E-state index in [-0.39, 0.29) is 5.03 Å². The number of aromatic nitrogens is 2. The average molecular weight is 321 g/mol. The van der Waals surface area contributed by atoms with Crippen LogP contribution in [-0.2, 0) is 6.18 Å². The van der Waals surface area contributed by atoms with Crippen LogP contribution < -0.4 is 4.74 Å². The molecule has 0 N–H and O–H groups in total. The summed E-state index contributed by atoms with van der Waals surface area (Å²) in [5.74, 6) is 0.658. The number of hydrogen-bond acceptors (Lipinski definition) is 4. The lowest BCUT2D eigenvalue weighted by atomic mass is 10.3. The molecule has 0 aliphatic rings. The first-order chi connectivity index (χ1) is 9.38.